The zero-order valence-electron chi connectivity index (χ0n) is 12.9. The van der Waals surface area contributed by atoms with Gasteiger partial charge in [-0.25, -0.2) is 0 Å². The first kappa shape index (κ1) is 15.5. The molecule has 0 aliphatic carbocycles. The predicted molar refractivity (Wildman–Crippen MR) is 81.3 cm³/mol. The average Bonchev–Trinajstić information content (AvgIpc) is 2.90. The Kier molecular flexibility index (Phi) is 5.75. The maximum atomic E-state index is 5.62. The summed E-state index contributed by atoms with van der Waals surface area (Å²) >= 11 is 0. The van der Waals surface area contributed by atoms with Crippen LogP contribution in [0, 0.1) is 6.92 Å². The number of nitrogens with one attached hydrogen (secondary N) is 1. The minimum absolute atomic E-state index is 0.300. The highest BCUT2D eigenvalue weighted by molar-refractivity contribution is 5.27. The highest BCUT2D eigenvalue weighted by Gasteiger charge is 2.05. The van der Waals surface area contributed by atoms with E-state index in [2.05, 4.69) is 41.4 Å². The lowest BCUT2D eigenvalue weighted by Crippen LogP contribution is -2.28. The van der Waals surface area contributed by atoms with Crippen LogP contribution < -0.4 is 10.1 Å². The second-order valence-electron chi connectivity index (χ2n) is 5.23. The Morgan fingerprint density at radius 1 is 1.29 bits per heavy atom. The van der Waals surface area contributed by atoms with Crippen molar-refractivity contribution >= 4 is 0 Å². The van der Waals surface area contributed by atoms with Gasteiger partial charge in [-0.15, -0.1) is 0 Å². The van der Waals surface area contributed by atoms with E-state index >= 15 is 0 Å². The van der Waals surface area contributed by atoms with E-state index in [0.717, 1.165) is 25.1 Å². The van der Waals surface area contributed by atoms with Crippen molar-refractivity contribution in [2.45, 2.75) is 46.3 Å². The molecule has 0 saturated carbocycles. The summed E-state index contributed by atoms with van der Waals surface area (Å²) in [5.74, 6) is 1.93. The van der Waals surface area contributed by atoms with Gasteiger partial charge in [0.05, 0.1) is 0 Å². The summed E-state index contributed by atoms with van der Waals surface area (Å²) < 4.78 is 10.6. The monoisotopic (exact) mass is 289 g/mol. The van der Waals surface area contributed by atoms with Crippen LogP contribution in [0.1, 0.15) is 37.5 Å². The molecule has 0 amide bonds. The van der Waals surface area contributed by atoms with Gasteiger partial charge in [0.15, 0.2) is 12.4 Å². The summed E-state index contributed by atoms with van der Waals surface area (Å²) in [6.45, 7) is 7.53. The lowest BCUT2D eigenvalue weighted by molar-refractivity contribution is 0.242. The largest absolute Gasteiger partial charge is 0.484 e. The number of aryl methyl sites for hydroxylation is 1. The fourth-order valence-corrected chi connectivity index (χ4v) is 2.08. The van der Waals surface area contributed by atoms with Crippen LogP contribution in [0.15, 0.2) is 28.8 Å². The van der Waals surface area contributed by atoms with Crippen LogP contribution in [-0.2, 0) is 13.0 Å². The molecule has 0 spiro atoms. The van der Waals surface area contributed by atoms with E-state index in [1.807, 2.05) is 12.1 Å². The molecule has 0 aliphatic heterocycles. The molecule has 114 valence electrons. The molecule has 0 aliphatic rings. The molecular weight excluding hydrogens is 266 g/mol. The SMILES string of the molecule is CCCNC(C)Cc1ccc(OCc2nc(C)no2)cc1. The molecule has 1 unspecified atom stereocenters. The van der Waals surface area contributed by atoms with Crippen molar-refractivity contribution in [1.29, 1.82) is 0 Å². The molecule has 21 heavy (non-hydrogen) atoms. The van der Waals surface area contributed by atoms with Crippen molar-refractivity contribution in [3.8, 4) is 5.75 Å². The number of nitrogens with zero attached hydrogens (tertiary/aromatic N) is 2. The van der Waals surface area contributed by atoms with Gasteiger partial charge in [-0.3, -0.25) is 0 Å². The topological polar surface area (TPSA) is 60.2 Å². The van der Waals surface area contributed by atoms with Gasteiger partial charge >= 0.3 is 0 Å². The van der Waals surface area contributed by atoms with Gasteiger partial charge in [0.1, 0.15) is 5.75 Å². The first-order valence-electron chi connectivity index (χ1n) is 7.41. The van der Waals surface area contributed by atoms with E-state index in [4.69, 9.17) is 9.26 Å². The van der Waals surface area contributed by atoms with E-state index in [9.17, 15) is 0 Å². The minimum Gasteiger partial charge on any atom is -0.484 e. The van der Waals surface area contributed by atoms with Crippen LogP contribution >= 0.6 is 0 Å². The number of benzene rings is 1. The Hall–Kier alpha value is -1.88. The Bertz CT molecular complexity index is 537. The Morgan fingerprint density at radius 2 is 2.05 bits per heavy atom. The lowest BCUT2D eigenvalue weighted by atomic mass is 10.1. The molecule has 0 fully saturated rings. The Balaban J connectivity index is 1.81. The van der Waals surface area contributed by atoms with Crippen LogP contribution in [0.2, 0.25) is 0 Å². The summed E-state index contributed by atoms with van der Waals surface area (Å²) in [6, 6.07) is 8.63. The number of hydrogen-bond acceptors (Lipinski definition) is 5. The van der Waals surface area contributed by atoms with Crippen molar-refractivity contribution in [2.24, 2.45) is 0 Å². The van der Waals surface area contributed by atoms with Gasteiger partial charge in [-0.2, -0.15) is 4.98 Å². The standard InChI is InChI=1S/C16H23N3O2/c1-4-9-17-12(2)10-14-5-7-15(8-6-14)20-11-16-18-13(3)19-21-16/h5-8,12,17H,4,9-11H2,1-3H3. The molecule has 5 heteroatoms. The van der Waals surface area contributed by atoms with Crippen molar-refractivity contribution in [3.05, 3.63) is 41.5 Å². The molecule has 1 heterocycles. The van der Waals surface area contributed by atoms with Crippen molar-refractivity contribution in [3.63, 3.8) is 0 Å². The molecule has 0 saturated heterocycles. The molecule has 1 atom stereocenters. The van der Waals surface area contributed by atoms with Crippen LogP contribution in [-0.4, -0.2) is 22.7 Å². The summed E-state index contributed by atoms with van der Waals surface area (Å²) in [7, 11) is 0. The van der Waals surface area contributed by atoms with E-state index in [1.165, 1.54) is 5.56 Å². The van der Waals surface area contributed by atoms with Crippen LogP contribution in [0.25, 0.3) is 0 Å². The smallest absolute Gasteiger partial charge is 0.264 e. The molecule has 5 nitrogen and oxygen atoms in total. The molecule has 1 aromatic heterocycles. The summed E-state index contributed by atoms with van der Waals surface area (Å²) in [5.41, 5.74) is 1.30. The zero-order valence-corrected chi connectivity index (χ0v) is 12.9. The highest BCUT2D eigenvalue weighted by atomic mass is 16.5. The van der Waals surface area contributed by atoms with Gasteiger partial charge in [0.25, 0.3) is 5.89 Å². The van der Waals surface area contributed by atoms with E-state index in [1.54, 1.807) is 6.92 Å². The molecule has 0 bridgehead atoms. The number of ether oxygens (including phenoxy) is 1. The van der Waals surface area contributed by atoms with Gasteiger partial charge in [0, 0.05) is 6.04 Å². The van der Waals surface area contributed by atoms with Gasteiger partial charge in [-0.1, -0.05) is 24.2 Å². The van der Waals surface area contributed by atoms with Gasteiger partial charge in [0.2, 0.25) is 0 Å². The second-order valence-corrected chi connectivity index (χ2v) is 5.23. The second kappa shape index (κ2) is 7.78. The van der Waals surface area contributed by atoms with Crippen LogP contribution in [0.5, 0.6) is 5.75 Å². The summed E-state index contributed by atoms with van der Waals surface area (Å²) in [5, 5.41) is 7.21. The third-order valence-electron chi connectivity index (χ3n) is 3.14. The Labute approximate surface area is 125 Å². The first-order valence-corrected chi connectivity index (χ1v) is 7.41. The molecule has 1 aromatic carbocycles. The van der Waals surface area contributed by atoms with E-state index in [0.29, 0.717) is 24.4 Å². The number of hydrogen-bond donors (Lipinski definition) is 1. The molecule has 2 rings (SSSR count). The molecule has 1 N–H and O–H groups in total. The maximum absolute atomic E-state index is 5.62. The van der Waals surface area contributed by atoms with Crippen molar-refractivity contribution in [2.75, 3.05) is 6.54 Å². The quantitative estimate of drug-likeness (QED) is 0.809. The Morgan fingerprint density at radius 3 is 2.67 bits per heavy atom. The van der Waals surface area contributed by atoms with Gasteiger partial charge in [-0.05, 0) is 50.9 Å². The third kappa shape index (κ3) is 5.19. The third-order valence-corrected chi connectivity index (χ3v) is 3.14. The number of aromatic nitrogens is 2. The lowest BCUT2D eigenvalue weighted by Gasteiger charge is -2.13. The maximum Gasteiger partial charge on any atom is 0.264 e. The van der Waals surface area contributed by atoms with Crippen molar-refractivity contribution in [1.82, 2.24) is 15.5 Å². The molecule has 2 aromatic rings. The normalized spacial score (nSPS) is 12.3. The zero-order chi connectivity index (χ0) is 15.1. The van der Waals surface area contributed by atoms with E-state index in [-0.39, 0.29) is 0 Å². The molecular formula is C16H23N3O2. The minimum atomic E-state index is 0.300. The fraction of sp³-hybridized carbons (Fsp3) is 0.500. The molecule has 0 radical (unpaired) electrons. The number of rotatable bonds is 8. The fourth-order valence-electron chi connectivity index (χ4n) is 2.08. The van der Waals surface area contributed by atoms with Crippen LogP contribution in [0.3, 0.4) is 0 Å². The average molecular weight is 289 g/mol. The van der Waals surface area contributed by atoms with Crippen LogP contribution in [0.4, 0.5) is 0 Å². The van der Waals surface area contributed by atoms with Crippen molar-refractivity contribution < 1.29 is 9.26 Å². The summed E-state index contributed by atoms with van der Waals surface area (Å²) in [6.07, 6.45) is 2.18. The van der Waals surface area contributed by atoms with E-state index < -0.39 is 0 Å². The first-order chi connectivity index (χ1) is 10.2. The summed E-state index contributed by atoms with van der Waals surface area (Å²) in [4.78, 5) is 4.10. The van der Waals surface area contributed by atoms with Gasteiger partial charge < -0.3 is 14.6 Å². The highest BCUT2D eigenvalue weighted by Crippen LogP contribution is 2.15. The predicted octanol–water partition coefficient (Wildman–Crippen LogP) is 2.89.